The number of pyridine rings is 1. The zero-order valence-corrected chi connectivity index (χ0v) is 63.1. The van der Waals surface area contributed by atoms with Gasteiger partial charge in [0.05, 0.1) is 35.3 Å². The molecule has 18 aromatic rings. The second-order valence-electron chi connectivity index (χ2n) is 24.7. The number of nitrogen functional groups attached to an aromatic ring is 1. The first-order chi connectivity index (χ1) is 53.7. The summed E-state index contributed by atoms with van der Waals surface area (Å²) < 4.78 is 2.74. The maximum atomic E-state index is 12.5. The SMILES string of the molecule is Brc1cccc2ccccc12.Brc1cnc(-c2nc3ccccc3c3c2ccc2ccccc23)nc1.Nc1ccccc1-c1cccc2ccccc12.O=C(Nc1ccccc1-c1cccc2ccccc12)c1ncc(Br)cn1.O=[N+]([O-])c1ccccc1-c1cccc2ccccc12.O=[N+]([O-])c1ccccc1B(O)O. The lowest BCUT2D eigenvalue weighted by atomic mass is 9.79. The molecule has 18 rings (SSSR count). The van der Waals surface area contributed by atoms with E-state index in [9.17, 15) is 25.0 Å². The Balaban J connectivity index is 0.000000119. The number of nitrogens with zero attached hydrogens (tertiary/aromatic N) is 7. The molecule has 0 aliphatic rings. The quantitative estimate of drug-likeness (QED) is 0.0346. The van der Waals surface area contributed by atoms with Gasteiger partial charge in [-0.25, -0.2) is 24.9 Å². The predicted molar refractivity (Wildman–Crippen MR) is 457 cm³/mol. The number of nitro benzene ring substituents is 2. The summed E-state index contributed by atoms with van der Waals surface area (Å²) in [6, 6.07) is 106. The summed E-state index contributed by atoms with van der Waals surface area (Å²) >= 11 is 10.2. The number of hydrogen-bond donors (Lipinski definition) is 4. The molecule has 0 aliphatic heterocycles. The van der Waals surface area contributed by atoms with E-state index in [0.29, 0.717) is 11.4 Å². The lowest BCUT2D eigenvalue weighted by Crippen LogP contribution is -2.31. The number of para-hydroxylation sites is 5. The fourth-order valence-electron chi connectivity index (χ4n) is 12.8. The molecule has 0 saturated carbocycles. The number of carbonyl (C=O) groups is 1. The molecule has 5 N–H and O–H groups in total. The molecule has 3 heterocycles. The largest absolute Gasteiger partial charge is 0.495 e. The fraction of sp³-hybridized carbons (Fsp3) is 0. The van der Waals surface area contributed by atoms with E-state index in [4.69, 9.17) is 20.8 Å². The highest BCUT2D eigenvalue weighted by Crippen LogP contribution is 2.39. The molecule has 534 valence electrons. The van der Waals surface area contributed by atoms with Crippen LogP contribution in [0.25, 0.3) is 120 Å². The topological polar surface area (TPSA) is 246 Å². The third kappa shape index (κ3) is 17.6. The van der Waals surface area contributed by atoms with Gasteiger partial charge in [0.1, 0.15) is 5.69 Å². The number of amides is 1. The van der Waals surface area contributed by atoms with Crippen LogP contribution in [-0.4, -0.2) is 57.8 Å². The summed E-state index contributed by atoms with van der Waals surface area (Å²) in [6.07, 6.45) is 6.62. The molecule has 0 fully saturated rings. The van der Waals surface area contributed by atoms with Crippen LogP contribution in [0.4, 0.5) is 22.7 Å². The number of nitro groups is 2. The highest BCUT2D eigenvalue weighted by atomic mass is 79.9. The smallest absolute Gasteiger partial charge is 0.423 e. The Labute approximate surface area is 657 Å². The maximum Gasteiger partial charge on any atom is 0.495 e. The van der Waals surface area contributed by atoms with Gasteiger partial charge in [-0.05, 0) is 133 Å². The minimum Gasteiger partial charge on any atom is -0.423 e. The molecule has 1 amide bonds. The Morgan fingerprint density at radius 3 is 1.30 bits per heavy atom. The average Bonchev–Trinajstić information content (AvgIpc) is 0.746. The van der Waals surface area contributed by atoms with Gasteiger partial charge in [0, 0.05) is 80.1 Å². The van der Waals surface area contributed by atoms with Crippen LogP contribution in [0.15, 0.2) is 366 Å². The molecule has 0 bridgehead atoms. The van der Waals surface area contributed by atoms with E-state index in [-0.39, 0.29) is 33.5 Å². The number of rotatable bonds is 9. The molecule has 15 aromatic carbocycles. The number of carbonyl (C=O) groups excluding carboxylic acids is 1. The number of anilines is 2. The van der Waals surface area contributed by atoms with E-state index in [1.807, 2.05) is 133 Å². The van der Waals surface area contributed by atoms with Crippen LogP contribution in [0, 0.1) is 20.2 Å². The standard InChI is InChI=1S/C21H14BrN3O.C21H12BrN3.C16H11NO2.C16H13N.C10H7Br.C6H6BNO4/c22-15-12-23-20(24-13-15)21(26)25-19-11-4-3-9-18(19)17-10-5-7-14-6-1-2-8-16(14)17;22-14-11-23-21(24-12-14)20-17-10-9-13-5-1-2-6-15(13)19(17)16-7-3-4-8-18(16)25-20;18-17(19)16-11-4-3-9-15(16)14-10-5-7-12-6-1-2-8-13(12)14;17-16-11-4-3-9-15(16)14-10-5-7-12-6-1-2-8-13(12)14;11-10-7-3-5-8-4-1-2-6-9(8)10;9-7(10)5-3-1-2-4-6(5)8(11)12/h1-13H,(H,25,26);1-12H;1-11H;1-11H,17H2;1-7H;1-4,9-10H. The van der Waals surface area contributed by atoms with Gasteiger partial charge in [-0.1, -0.05) is 301 Å². The van der Waals surface area contributed by atoms with Crippen LogP contribution in [0.1, 0.15) is 10.6 Å². The first-order valence-corrected chi connectivity index (χ1v) is 36.9. The Morgan fingerprint density at radius 1 is 0.373 bits per heavy atom. The highest BCUT2D eigenvalue weighted by Gasteiger charge is 2.23. The minimum atomic E-state index is -1.80. The fourth-order valence-corrected chi connectivity index (χ4v) is 13.7. The molecule has 0 unspecified atom stereocenters. The van der Waals surface area contributed by atoms with Crippen molar-refractivity contribution in [3.8, 4) is 44.9 Å². The molecule has 0 atom stereocenters. The monoisotopic (exact) mass is 1630 g/mol. The highest BCUT2D eigenvalue weighted by molar-refractivity contribution is 9.11. The first-order valence-electron chi connectivity index (χ1n) is 34.5. The molecule has 0 aliphatic carbocycles. The van der Waals surface area contributed by atoms with Gasteiger partial charge in [-0.3, -0.25) is 25.0 Å². The zero-order valence-electron chi connectivity index (χ0n) is 58.3. The average molecular weight is 1630 g/mol. The summed E-state index contributed by atoms with van der Waals surface area (Å²) in [6.45, 7) is 0. The van der Waals surface area contributed by atoms with Gasteiger partial charge in [-0.2, -0.15) is 0 Å². The van der Waals surface area contributed by atoms with Crippen LogP contribution in [0.5, 0.6) is 0 Å². The van der Waals surface area contributed by atoms with E-state index >= 15 is 0 Å². The summed E-state index contributed by atoms with van der Waals surface area (Å²) in [7, 11) is -1.80. The molecule has 0 radical (unpaired) electrons. The third-order valence-corrected chi connectivity index (χ3v) is 19.4. The molecule has 3 aromatic heterocycles. The van der Waals surface area contributed by atoms with E-state index in [2.05, 4.69) is 225 Å². The normalized spacial score (nSPS) is 10.6. The van der Waals surface area contributed by atoms with Crippen molar-refractivity contribution in [2.24, 2.45) is 0 Å². The number of halogens is 3. The second kappa shape index (κ2) is 35.6. The molecule has 20 heteroatoms. The van der Waals surface area contributed by atoms with Crippen molar-refractivity contribution in [2.75, 3.05) is 11.1 Å². The first kappa shape index (κ1) is 75.2. The van der Waals surface area contributed by atoms with Crippen LogP contribution in [0.2, 0.25) is 0 Å². The van der Waals surface area contributed by atoms with Crippen LogP contribution < -0.4 is 16.5 Å². The Kier molecular flexibility index (Phi) is 24.3. The molecule has 0 saturated heterocycles. The zero-order chi connectivity index (χ0) is 76.5. The van der Waals surface area contributed by atoms with Gasteiger partial charge in [0.15, 0.2) is 5.82 Å². The van der Waals surface area contributed by atoms with Gasteiger partial charge >= 0.3 is 7.12 Å². The lowest BCUT2D eigenvalue weighted by molar-refractivity contribution is -0.384. The number of hydrogen-bond acceptors (Lipinski definition) is 13. The summed E-state index contributed by atoms with van der Waals surface area (Å²) in [5.74, 6) is 0.417. The van der Waals surface area contributed by atoms with E-state index < -0.39 is 12.0 Å². The lowest BCUT2D eigenvalue weighted by Gasteiger charge is -2.13. The number of fused-ring (bicyclic) bond motifs is 9. The van der Waals surface area contributed by atoms with Crippen molar-refractivity contribution in [2.45, 2.75) is 0 Å². The van der Waals surface area contributed by atoms with Crippen LogP contribution in [0.3, 0.4) is 0 Å². The van der Waals surface area contributed by atoms with Crippen LogP contribution >= 0.6 is 47.8 Å². The number of aromatic nitrogens is 5. The molecule has 0 spiro atoms. The molecular formula is C90H63BBr3N9O7. The van der Waals surface area contributed by atoms with Gasteiger partial charge in [0.2, 0.25) is 5.82 Å². The van der Waals surface area contributed by atoms with Gasteiger partial charge in [-0.15, -0.1) is 0 Å². The van der Waals surface area contributed by atoms with Crippen molar-refractivity contribution in [3.05, 3.63) is 392 Å². The predicted octanol–water partition coefficient (Wildman–Crippen LogP) is 22.5. The minimum absolute atomic E-state index is 0.0949. The number of benzene rings is 15. The Bertz CT molecular complexity index is 6350. The van der Waals surface area contributed by atoms with Crippen molar-refractivity contribution in [1.82, 2.24) is 24.9 Å². The third-order valence-electron chi connectivity index (χ3n) is 17.9. The summed E-state index contributed by atoms with van der Waals surface area (Å²) in [5, 5.41) is 57.1. The van der Waals surface area contributed by atoms with E-state index in [0.717, 1.165) is 90.6 Å². The Hall–Kier alpha value is -13.1. The van der Waals surface area contributed by atoms with E-state index in [1.54, 1.807) is 36.9 Å². The molecule has 110 heavy (non-hydrogen) atoms. The van der Waals surface area contributed by atoms with Gasteiger partial charge < -0.3 is 21.1 Å². The number of nitrogens with one attached hydrogen (secondary N) is 1. The van der Waals surface area contributed by atoms with E-state index in [1.165, 1.54) is 73.6 Å². The second-order valence-corrected chi connectivity index (χ2v) is 27.4. The van der Waals surface area contributed by atoms with Crippen LogP contribution in [-0.2, 0) is 0 Å². The summed E-state index contributed by atoms with van der Waals surface area (Å²) in [4.78, 5) is 54.9. The van der Waals surface area contributed by atoms with Crippen molar-refractivity contribution >= 4 is 165 Å². The summed E-state index contributed by atoms with van der Waals surface area (Å²) in [5.41, 5.74) is 15.0. The Morgan fingerprint density at radius 2 is 0.764 bits per heavy atom. The molecule has 16 nitrogen and oxygen atoms in total. The maximum absolute atomic E-state index is 12.5. The number of nitrogens with two attached hydrogens (primary N) is 1. The van der Waals surface area contributed by atoms with Crippen molar-refractivity contribution in [1.29, 1.82) is 0 Å². The van der Waals surface area contributed by atoms with Crippen molar-refractivity contribution < 1.29 is 24.7 Å². The molecular weight excluding hydrogens is 1570 g/mol. The van der Waals surface area contributed by atoms with Crippen molar-refractivity contribution in [3.63, 3.8) is 0 Å². The van der Waals surface area contributed by atoms with Gasteiger partial charge in [0.25, 0.3) is 17.3 Å².